The molecule has 0 saturated heterocycles. The highest BCUT2D eigenvalue weighted by Crippen LogP contribution is 2.53. The lowest BCUT2D eigenvalue weighted by Gasteiger charge is -2.42. The zero-order chi connectivity index (χ0) is 75.0. The molecule has 0 radical (unpaired) electrons. The van der Waals surface area contributed by atoms with E-state index in [1.165, 1.54) is 11.1 Å². The molecule has 0 amide bonds. The third kappa shape index (κ3) is 9.99. The maximum Gasteiger partial charge on any atom is 0.269 e. The summed E-state index contributed by atoms with van der Waals surface area (Å²) in [6, 6.07) is 48.8. The van der Waals surface area contributed by atoms with Crippen LogP contribution in [0.4, 0.5) is 0 Å². The van der Waals surface area contributed by atoms with Crippen LogP contribution in [0.15, 0.2) is 255 Å². The van der Waals surface area contributed by atoms with Crippen molar-refractivity contribution in [3.63, 3.8) is 0 Å². The first kappa shape index (κ1) is 45.0. The number of fused-ring (bicyclic) bond motifs is 11. The van der Waals surface area contributed by atoms with E-state index in [1.54, 1.807) is 0 Å². The molecule has 5 nitrogen and oxygen atoms in total. The molecular formula is C88H76N4O. The number of ether oxygens (including phenoxy) is 1. The monoisotopic (exact) mass is 1220 g/mol. The number of rotatable bonds is 8. The number of nitrogens with zero attached hydrogens (tertiary/aromatic N) is 4. The SMILES string of the molecule is [2H]c1c([2H])c([2H])c(-c2c([2H])c(-c3cc4c5c(c3)n(-c3cccc(Oc6ccc7c8ccccc8n(-c8cc(C(C)(C)C)ccn8)c7c6)c3)[c-][n+]5-c3c(-c5ccc(C(C)(C)C)cc5)cccc3-c3cc5c(cc3-c3ccccc3-4)C(C)(C)CCC5(C)C)c([2H])c(-c3c([2H])c([2H])c([2H])c([2H])c3[2H])c2[2H])c([2H])c1[2H]. The molecule has 16 rings (SSSR count). The smallest absolute Gasteiger partial charge is 0.269 e. The largest absolute Gasteiger partial charge is 0.458 e. The number of hydrogen-bond acceptors (Lipinski definition) is 2. The highest BCUT2D eigenvalue weighted by molar-refractivity contribution is 6.10. The maximum atomic E-state index is 10.5. The minimum absolute atomic E-state index is 0.143. The van der Waals surface area contributed by atoms with E-state index in [0.717, 1.165) is 96.2 Å². The van der Waals surface area contributed by atoms with Gasteiger partial charge in [-0.1, -0.05) is 233 Å². The molecule has 0 fully saturated rings. The Labute approximate surface area is 565 Å². The molecule has 0 unspecified atom stereocenters. The molecule has 3 aromatic heterocycles. The van der Waals surface area contributed by atoms with Crippen molar-refractivity contribution in [2.45, 2.75) is 104 Å². The quantitative estimate of drug-likeness (QED) is 0.112. The summed E-state index contributed by atoms with van der Waals surface area (Å²) in [5.74, 6) is 1.80. The van der Waals surface area contributed by atoms with Gasteiger partial charge in [-0.2, -0.15) is 0 Å². The number of pyridine rings is 1. The molecule has 5 heteroatoms. The average Bonchev–Trinajstić information content (AvgIpc) is 1.50. The fourth-order valence-electron chi connectivity index (χ4n) is 14.0. The van der Waals surface area contributed by atoms with Gasteiger partial charge in [-0.3, -0.25) is 13.7 Å². The Kier molecular flexibility index (Phi) is 10.5. The topological polar surface area (TPSA) is 35.9 Å². The fourth-order valence-corrected chi connectivity index (χ4v) is 14.0. The minimum Gasteiger partial charge on any atom is -0.458 e. The van der Waals surface area contributed by atoms with Crippen molar-refractivity contribution in [3.8, 4) is 107 Å². The summed E-state index contributed by atoms with van der Waals surface area (Å²) in [4.78, 5) is 4.94. The molecule has 14 aromatic rings. The lowest BCUT2D eigenvalue weighted by molar-refractivity contribution is -0.570. The Bertz CT molecular complexity index is 5980. The first-order valence-electron chi connectivity index (χ1n) is 38.4. The van der Waals surface area contributed by atoms with E-state index in [-0.39, 0.29) is 32.8 Å². The molecule has 4 heterocycles. The molecule has 0 saturated carbocycles. The van der Waals surface area contributed by atoms with Crippen LogP contribution in [-0.2, 0) is 21.7 Å². The van der Waals surface area contributed by atoms with Crippen molar-refractivity contribution >= 4 is 32.8 Å². The maximum absolute atomic E-state index is 10.5. The molecular weight excluding hydrogens is 1130 g/mol. The van der Waals surface area contributed by atoms with Crippen LogP contribution < -0.4 is 9.30 Å². The van der Waals surface area contributed by atoms with E-state index in [4.69, 9.17) is 17.9 Å². The van der Waals surface area contributed by atoms with Gasteiger partial charge in [0, 0.05) is 23.0 Å². The van der Waals surface area contributed by atoms with Crippen molar-refractivity contribution < 1.29 is 27.1 Å². The molecule has 1 aliphatic carbocycles. The Hall–Kier alpha value is -10.4. The summed E-state index contributed by atoms with van der Waals surface area (Å²) >= 11 is 0. The van der Waals surface area contributed by atoms with Crippen LogP contribution in [0.5, 0.6) is 11.5 Å². The fraction of sp³-hybridized carbons (Fsp3) is 0.182. The minimum atomic E-state index is -0.744. The van der Waals surface area contributed by atoms with Gasteiger partial charge >= 0.3 is 0 Å². The molecule has 0 bridgehead atoms. The zero-order valence-corrected chi connectivity index (χ0v) is 53.9. The van der Waals surface area contributed by atoms with E-state index in [0.29, 0.717) is 33.8 Å². The predicted molar refractivity (Wildman–Crippen MR) is 387 cm³/mol. The average molecular weight is 1220 g/mol. The van der Waals surface area contributed by atoms with Crippen molar-refractivity contribution in [1.29, 1.82) is 0 Å². The molecule has 454 valence electrons. The summed E-state index contributed by atoms with van der Waals surface area (Å²) in [7, 11) is 0. The summed E-state index contributed by atoms with van der Waals surface area (Å²) in [5, 5.41) is 2.07. The second-order valence-corrected chi connectivity index (χ2v) is 28.2. The molecule has 0 atom stereocenters. The van der Waals surface area contributed by atoms with Crippen molar-refractivity contribution in [2.75, 3.05) is 0 Å². The van der Waals surface area contributed by atoms with E-state index in [1.807, 2.05) is 83.6 Å². The number of hydrogen-bond donors (Lipinski definition) is 0. The Morgan fingerprint density at radius 1 is 0.452 bits per heavy atom. The van der Waals surface area contributed by atoms with Crippen LogP contribution in [0.25, 0.3) is 128 Å². The summed E-state index contributed by atoms with van der Waals surface area (Å²) in [6.07, 6.45) is 7.73. The van der Waals surface area contributed by atoms with E-state index in [2.05, 4.69) is 182 Å². The highest BCUT2D eigenvalue weighted by Gasteiger charge is 2.39. The van der Waals surface area contributed by atoms with Crippen molar-refractivity contribution in [3.05, 3.63) is 283 Å². The third-order valence-electron chi connectivity index (χ3n) is 19.2. The lowest BCUT2D eigenvalue weighted by atomic mass is 9.62. The molecule has 11 aromatic carbocycles. The molecule has 2 aliphatic rings. The Morgan fingerprint density at radius 2 is 1.02 bits per heavy atom. The molecule has 0 spiro atoms. The van der Waals surface area contributed by atoms with E-state index >= 15 is 0 Å². The van der Waals surface area contributed by atoms with Gasteiger partial charge in [0.2, 0.25) is 0 Å². The van der Waals surface area contributed by atoms with Crippen LogP contribution in [-0.4, -0.2) is 14.1 Å². The van der Waals surface area contributed by atoms with Gasteiger partial charge in [-0.25, -0.2) is 4.98 Å². The van der Waals surface area contributed by atoms with Gasteiger partial charge < -0.3 is 4.74 Å². The van der Waals surface area contributed by atoms with E-state index < -0.39 is 101 Å². The number of benzene rings is 11. The van der Waals surface area contributed by atoms with E-state index in [9.17, 15) is 9.60 Å². The van der Waals surface area contributed by atoms with Gasteiger partial charge in [0.05, 0.1) is 51.3 Å². The summed E-state index contributed by atoms with van der Waals surface area (Å²) in [6.45, 7) is 22.4. The molecule has 1 aliphatic heterocycles. The Balaban J connectivity index is 1.03. The summed E-state index contributed by atoms with van der Waals surface area (Å²) in [5.41, 5.74) is 13.3. The van der Waals surface area contributed by atoms with Gasteiger partial charge in [0.15, 0.2) is 0 Å². The van der Waals surface area contributed by atoms with Crippen molar-refractivity contribution in [1.82, 2.24) is 14.1 Å². The number of aromatic nitrogens is 4. The van der Waals surface area contributed by atoms with Crippen LogP contribution in [0, 0.1) is 6.33 Å². The van der Waals surface area contributed by atoms with Crippen molar-refractivity contribution in [2.24, 2.45) is 0 Å². The third-order valence-corrected chi connectivity index (χ3v) is 19.2. The van der Waals surface area contributed by atoms with Crippen LogP contribution >= 0.6 is 0 Å². The Morgan fingerprint density at radius 3 is 1.69 bits per heavy atom. The first-order chi connectivity index (χ1) is 50.2. The van der Waals surface area contributed by atoms with Crippen LogP contribution in [0.2, 0.25) is 0 Å². The predicted octanol–water partition coefficient (Wildman–Crippen LogP) is 22.9. The van der Waals surface area contributed by atoms with Gasteiger partial charge in [0.25, 0.3) is 6.33 Å². The van der Waals surface area contributed by atoms with Crippen LogP contribution in [0.3, 0.4) is 0 Å². The molecule has 93 heavy (non-hydrogen) atoms. The van der Waals surface area contributed by atoms with Gasteiger partial charge in [-0.15, -0.1) is 0 Å². The normalized spacial score (nSPS) is 16.0. The number of para-hydroxylation sites is 2. The highest BCUT2D eigenvalue weighted by atomic mass is 16.5. The van der Waals surface area contributed by atoms with Gasteiger partial charge in [0.1, 0.15) is 17.3 Å². The van der Waals surface area contributed by atoms with Crippen LogP contribution in [0.1, 0.15) is 122 Å². The lowest BCUT2D eigenvalue weighted by Crippen LogP contribution is -2.34. The second kappa shape index (κ2) is 21.6. The molecule has 0 N–H and O–H groups in total. The number of imidazole rings is 1. The second-order valence-electron chi connectivity index (χ2n) is 28.2. The summed E-state index contributed by atoms with van der Waals surface area (Å²) < 4.78 is 135. The van der Waals surface area contributed by atoms with Gasteiger partial charge in [-0.05, 0) is 213 Å². The zero-order valence-electron chi connectivity index (χ0n) is 66.9. The standard InChI is InChI=1S/C88H76N4O/c1-85(2,3)63-37-35-58(36-38-63)68-32-22-33-73-75-54-78-77(87(7,8)42-43-88(78,9)10)53-74(75)69-29-17-18-30-70(69)76-48-62(61-46-59(56-23-13-11-14-24-56)45-60(47-61)57-25-15-12-16-26-57)49-81-84(76)91(83(68)73)55-90(81)65-27-21-28-66(51-65)93-67-39-40-72-71-31-19-20-34-79(71)92(80(72)52-67)82-50-64(41-44-89-82)86(4,5)6/h11-41,44-54H,42-43H2,1-10H3/i11D,12D,13D,14D,15D,16D,23D,24D,25D,26D,45D,46D,47D. The first-order valence-corrected chi connectivity index (χ1v) is 31.9.